The van der Waals surface area contributed by atoms with E-state index in [0.29, 0.717) is 34.6 Å². The summed E-state index contributed by atoms with van der Waals surface area (Å²) in [6, 6.07) is 29.9. The fourth-order valence-electron chi connectivity index (χ4n) is 7.72. The highest BCUT2D eigenvalue weighted by atomic mass is 16.5. The van der Waals surface area contributed by atoms with Crippen LogP contribution in [0.4, 0.5) is 5.69 Å². The lowest BCUT2D eigenvalue weighted by atomic mass is 9.64. The number of ketones is 3. The van der Waals surface area contributed by atoms with Crippen LogP contribution in [0.2, 0.25) is 0 Å². The number of rotatable bonds is 5. The van der Waals surface area contributed by atoms with Gasteiger partial charge in [0, 0.05) is 39.8 Å². The number of anilines is 1. The minimum absolute atomic E-state index is 0.172. The van der Waals surface area contributed by atoms with Crippen molar-refractivity contribution in [1.29, 1.82) is 0 Å². The van der Waals surface area contributed by atoms with Gasteiger partial charge < -0.3 is 9.64 Å². The molecule has 44 heavy (non-hydrogen) atoms. The average Bonchev–Trinajstić information content (AvgIpc) is 3.50. The van der Waals surface area contributed by atoms with Crippen LogP contribution in [-0.2, 0) is 0 Å². The maximum Gasteiger partial charge on any atom is 0.185 e. The maximum atomic E-state index is 15.0. The summed E-state index contributed by atoms with van der Waals surface area (Å²) in [7, 11) is 0. The molecule has 3 heterocycles. The number of carbonyl (C=O) groups is 3. The smallest absolute Gasteiger partial charge is 0.185 e. The standard InChI is InChI=1S/C38H28N2O4/c1-2-44-29-17-9-8-16-28(29)31-34(35(41)25-11-4-3-5-12-25)40-30(38(31)36(42)26-14-6-7-15-27(26)37(38)43)21-20-24-19-18-23-13-10-22-39-32(23)33(24)40/h3-22,30-31,34H,2H2,1H3/t30?,31-,34+/m0/s1. The van der Waals surface area contributed by atoms with Crippen molar-refractivity contribution in [3.05, 3.63) is 143 Å². The van der Waals surface area contributed by atoms with Crippen molar-refractivity contribution in [3.63, 3.8) is 0 Å². The van der Waals surface area contributed by atoms with Crippen molar-refractivity contribution in [2.45, 2.75) is 24.9 Å². The van der Waals surface area contributed by atoms with Gasteiger partial charge in [0.2, 0.25) is 0 Å². The molecule has 6 heteroatoms. The molecule has 0 bridgehead atoms. The number of aromatic nitrogens is 1. The molecular weight excluding hydrogens is 548 g/mol. The van der Waals surface area contributed by atoms with Gasteiger partial charge in [-0.05, 0) is 24.6 Å². The third-order valence-electron chi connectivity index (χ3n) is 9.42. The van der Waals surface area contributed by atoms with Gasteiger partial charge in [0.1, 0.15) is 17.2 Å². The molecule has 1 aliphatic carbocycles. The van der Waals surface area contributed by atoms with Gasteiger partial charge in [-0.2, -0.15) is 0 Å². The normalized spacial score (nSPS) is 20.9. The van der Waals surface area contributed by atoms with Crippen LogP contribution < -0.4 is 9.64 Å². The van der Waals surface area contributed by atoms with Crippen molar-refractivity contribution < 1.29 is 19.1 Å². The van der Waals surface area contributed by atoms with Crippen molar-refractivity contribution in [2.75, 3.05) is 11.5 Å². The van der Waals surface area contributed by atoms with Crippen LogP contribution in [0.1, 0.15) is 55.0 Å². The number of hydrogen-bond donors (Lipinski definition) is 0. The molecule has 5 aromatic rings. The first-order valence-corrected chi connectivity index (χ1v) is 14.9. The molecule has 1 unspecified atom stereocenters. The fraction of sp³-hybridized carbons (Fsp3) is 0.158. The summed E-state index contributed by atoms with van der Waals surface area (Å²) < 4.78 is 6.14. The minimum atomic E-state index is -1.61. The number of para-hydroxylation sites is 1. The number of pyridine rings is 1. The lowest BCUT2D eigenvalue weighted by Crippen LogP contribution is -2.48. The van der Waals surface area contributed by atoms with E-state index in [0.717, 1.165) is 22.2 Å². The summed E-state index contributed by atoms with van der Waals surface area (Å²) >= 11 is 0. The summed E-state index contributed by atoms with van der Waals surface area (Å²) in [6.07, 6.45) is 5.64. The predicted molar refractivity (Wildman–Crippen MR) is 169 cm³/mol. The van der Waals surface area contributed by atoms with Gasteiger partial charge in [0.15, 0.2) is 17.3 Å². The van der Waals surface area contributed by atoms with Crippen molar-refractivity contribution in [3.8, 4) is 5.75 Å². The number of nitrogens with zero attached hydrogens (tertiary/aromatic N) is 2. The highest BCUT2D eigenvalue weighted by Gasteiger charge is 2.72. The monoisotopic (exact) mass is 576 g/mol. The number of carbonyl (C=O) groups excluding carboxylic acids is 3. The Morgan fingerprint density at radius 1 is 0.841 bits per heavy atom. The van der Waals surface area contributed by atoms with Crippen LogP contribution in [0.15, 0.2) is 115 Å². The zero-order chi connectivity index (χ0) is 30.0. The molecule has 0 N–H and O–H groups in total. The van der Waals surface area contributed by atoms with E-state index in [4.69, 9.17) is 9.72 Å². The van der Waals surface area contributed by atoms with E-state index in [1.165, 1.54) is 0 Å². The Bertz CT molecular complexity index is 2000. The summed E-state index contributed by atoms with van der Waals surface area (Å²) in [4.78, 5) is 51.7. The average molecular weight is 577 g/mol. The Hall–Kier alpha value is -5.36. The number of ether oxygens (including phenoxy) is 1. The van der Waals surface area contributed by atoms with Gasteiger partial charge in [0.25, 0.3) is 0 Å². The second kappa shape index (κ2) is 9.85. The molecule has 1 spiro atoms. The summed E-state index contributed by atoms with van der Waals surface area (Å²) in [5, 5.41) is 0.908. The van der Waals surface area contributed by atoms with Crippen LogP contribution in [0.3, 0.4) is 0 Å². The molecule has 0 radical (unpaired) electrons. The molecule has 8 rings (SSSR count). The van der Waals surface area contributed by atoms with E-state index in [-0.39, 0.29) is 17.3 Å². The first-order chi connectivity index (χ1) is 21.6. The van der Waals surface area contributed by atoms with E-state index in [1.807, 2.05) is 90.7 Å². The first-order valence-electron chi connectivity index (χ1n) is 14.9. The van der Waals surface area contributed by atoms with Crippen LogP contribution in [0.25, 0.3) is 17.0 Å². The Kier molecular flexibility index (Phi) is 5.88. The summed E-state index contributed by atoms with van der Waals surface area (Å²) in [5.41, 5.74) is 2.67. The highest BCUT2D eigenvalue weighted by Crippen LogP contribution is 2.62. The molecule has 3 aliphatic rings. The molecule has 214 valence electrons. The van der Waals surface area contributed by atoms with E-state index < -0.39 is 23.4 Å². The van der Waals surface area contributed by atoms with Crippen LogP contribution in [-0.4, -0.2) is 41.0 Å². The van der Waals surface area contributed by atoms with Gasteiger partial charge in [-0.15, -0.1) is 0 Å². The van der Waals surface area contributed by atoms with Gasteiger partial charge in [-0.25, -0.2) is 0 Å². The molecule has 3 atom stereocenters. The highest BCUT2D eigenvalue weighted by molar-refractivity contribution is 6.32. The quantitative estimate of drug-likeness (QED) is 0.167. The van der Waals surface area contributed by atoms with Crippen molar-refractivity contribution >= 4 is 40.0 Å². The zero-order valence-electron chi connectivity index (χ0n) is 24.0. The van der Waals surface area contributed by atoms with E-state index in [2.05, 4.69) is 0 Å². The molecule has 0 saturated carbocycles. The second-order valence-electron chi connectivity index (χ2n) is 11.5. The molecule has 0 amide bonds. The van der Waals surface area contributed by atoms with Gasteiger partial charge in [-0.1, -0.05) is 103 Å². The zero-order valence-corrected chi connectivity index (χ0v) is 24.0. The molecule has 1 saturated heterocycles. The predicted octanol–water partition coefficient (Wildman–Crippen LogP) is 6.95. The first kappa shape index (κ1) is 26.3. The number of hydrogen-bond acceptors (Lipinski definition) is 6. The second-order valence-corrected chi connectivity index (χ2v) is 11.5. The third kappa shape index (κ3) is 3.42. The number of Topliss-reactive ketones (excluding diaryl/α,β-unsaturated/α-hetero) is 3. The van der Waals surface area contributed by atoms with Crippen LogP contribution >= 0.6 is 0 Å². The van der Waals surface area contributed by atoms with Gasteiger partial charge >= 0.3 is 0 Å². The minimum Gasteiger partial charge on any atom is -0.494 e. The molecular formula is C38H28N2O4. The summed E-state index contributed by atoms with van der Waals surface area (Å²) in [5.74, 6) is -1.01. The number of benzene rings is 4. The lowest BCUT2D eigenvalue weighted by Gasteiger charge is -2.37. The Labute approximate surface area is 254 Å². The maximum absolute atomic E-state index is 15.0. The Morgan fingerprint density at radius 2 is 1.55 bits per heavy atom. The number of fused-ring (bicyclic) bond motifs is 7. The summed E-state index contributed by atoms with van der Waals surface area (Å²) in [6.45, 7) is 2.29. The topological polar surface area (TPSA) is 76.6 Å². The van der Waals surface area contributed by atoms with E-state index >= 15 is 0 Å². The molecule has 6 nitrogen and oxygen atoms in total. The van der Waals surface area contributed by atoms with Gasteiger partial charge in [-0.3, -0.25) is 19.4 Å². The van der Waals surface area contributed by atoms with Crippen LogP contribution in [0, 0.1) is 5.41 Å². The van der Waals surface area contributed by atoms with Crippen LogP contribution in [0.5, 0.6) is 5.75 Å². The SMILES string of the molecule is CCOc1ccccc1[C@H]1[C@H](C(=O)c2ccccc2)N2c3c(ccc4cccnc34)C=CC2C12C(=O)c1ccccc1C2=O. The Balaban J connectivity index is 1.50. The molecule has 4 aromatic carbocycles. The van der Waals surface area contributed by atoms with Crippen molar-refractivity contribution in [2.24, 2.45) is 5.41 Å². The molecule has 1 aromatic heterocycles. The molecule has 2 aliphatic heterocycles. The fourth-order valence-corrected chi connectivity index (χ4v) is 7.72. The Morgan fingerprint density at radius 3 is 2.30 bits per heavy atom. The lowest BCUT2D eigenvalue weighted by molar-refractivity contribution is 0.0664. The van der Waals surface area contributed by atoms with Crippen molar-refractivity contribution in [1.82, 2.24) is 4.98 Å². The van der Waals surface area contributed by atoms with E-state index in [1.54, 1.807) is 42.6 Å². The molecule has 1 fully saturated rings. The van der Waals surface area contributed by atoms with Gasteiger partial charge in [0.05, 0.1) is 23.9 Å². The largest absolute Gasteiger partial charge is 0.494 e. The van der Waals surface area contributed by atoms with E-state index in [9.17, 15) is 14.4 Å². The third-order valence-corrected chi connectivity index (χ3v) is 9.42.